The summed E-state index contributed by atoms with van der Waals surface area (Å²) in [5, 5.41) is 34.5. The van der Waals surface area contributed by atoms with Gasteiger partial charge in [-0.1, -0.05) is 18.2 Å². The maximum Gasteiger partial charge on any atom is 0.174 e. The molecule has 24 heavy (non-hydrogen) atoms. The summed E-state index contributed by atoms with van der Waals surface area (Å²) in [5.74, 6) is 0. The molecule has 0 aliphatic carbocycles. The Morgan fingerprint density at radius 2 is 1.96 bits per heavy atom. The minimum absolute atomic E-state index is 0.409. The number of rotatable bonds is 1. The van der Waals surface area contributed by atoms with E-state index in [0.717, 1.165) is 30.7 Å². The normalized spacial score (nSPS) is 44.5. The molecule has 1 aromatic carbocycles. The fraction of sp³-hybridized carbons (Fsp3) is 0.579. The van der Waals surface area contributed by atoms with Gasteiger partial charge in [0.05, 0.1) is 24.9 Å². The number of piperidine rings is 1. The molecule has 2 saturated heterocycles. The monoisotopic (exact) mass is 329 g/mol. The topological polar surface area (TPSA) is 76.5 Å². The lowest BCUT2D eigenvalue weighted by molar-refractivity contribution is -0.966. The molecule has 128 valence electrons. The molecule has 5 rings (SSSR count). The van der Waals surface area contributed by atoms with Crippen LogP contribution in [0, 0.1) is 0 Å². The number of H-pyrrole nitrogens is 1. The number of para-hydroxylation sites is 1. The molecule has 2 fully saturated rings. The van der Waals surface area contributed by atoms with Crippen molar-refractivity contribution in [2.24, 2.45) is 0 Å². The molecule has 5 nitrogen and oxygen atoms in total. The Balaban J connectivity index is 1.83. The Labute approximate surface area is 141 Å². The van der Waals surface area contributed by atoms with Crippen molar-refractivity contribution in [3.05, 3.63) is 35.5 Å². The number of aromatic amines is 1. The van der Waals surface area contributed by atoms with E-state index in [2.05, 4.69) is 24.0 Å². The number of hydrogen-bond donors (Lipinski definition) is 4. The fourth-order valence-corrected chi connectivity index (χ4v) is 6.24. The molecule has 3 aliphatic rings. The van der Waals surface area contributed by atoms with Gasteiger partial charge in [-0.3, -0.25) is 0 Å². The van der Waals surface area contributed by atoms with Gasteiger partial charge >= 0.3 is 0 Å². The van der Waals surface area contributed by atoms with E-state index in [-0.39, 0.29) is 0 Å². The molecule has 0 saturated carbocycles. The Morgan fingerprint density at radius 1 is 1.21 bits per heavy atom. The molecule has 5 heteroatoms. The third-order valence-corrected chi connectivity index (χ3v) is 7.70. The van der Waals surface area contributed by atoms with Gasteiger partial charge in [0.1, 0.15) is 6.54 Å². The van der Waals surface area contributed by atoms with Gasteiger partial charge in [-0.05, 0) is 25.5 Å². The lowest BCUT2D eigenvalue weighted by Gasteiger charge is -2.47. The summed E-state index contributed by atoms with van der Waals surface area (Å²) in [6.07, 6.45) is 0.480. The molecule has 0 spiro atoms. The lowest BCUT2D eigenvalue weighted by Crippen LogP contribution is -2.64. The summed E-state index contributed by atoms with van der Waals surface area (Å²) in [5.41, 5.74) is -0.0296. The number of nitrogens with one attached hydrogen (secondary N) is 1. The molecule has 1 aromatic heterocycles. The largest absolute Gasteiger partial charge is 0.390 e. The number of fused-ring (bicyclic) bond motifs is 3. The highest BCUT2D eigenvalue weighted by Crippen LogP contribution is 2.64. The first-order valence-corrected chi connectivity index (χ1v) is 8.88. The first kappa shape index (κ1) is 14.9. The molecule has 5 atom stereocenters. The minimum Gasteiger partial charge on any atom is -0.390 e. The SMILES string of the molecule is C[C@@H](O)[C@]1(O)C[N+]23CCc4c([nH]c5ccccc45)[C@@]2(C)[C@]1(O)CC3. The van der Waals surface area contributed by atoms with Crippen LogP contribution in [0.25, 0.3) is 10.9 Å². The van der Waals surface area contributed by atoms with Crippen molar-refractivity contribution >= 4 is 10.9 Å². The van der Waals surface area contributed by atoms with Gasteiger partial charge in [0.2, 0.25) is 0 Å². The van der Waals surface area contributed by atoms with Crippen LogP contribution in [0.3, 0.4) is 0 Å². The quantitative estimate of drug-likeness (QED) is 0.590. The highest BCUT2D eigenvalue weighted by Gasteiger charge is 2.84. The second kappa shape index (κ2) is 4.05. The van der Waals surface area contributed by atoms with E-state index in [9.17, 15) is 15.3 Å². The molecule has 2 bridgehead atoms. The third-order valence-electron chi connectivity index (χ3n) is 7.70. The maximum atomic E-state index is 11.7. The van der Waals surface area contributed by atoms with Gasteiger partial charge < -0.3 is 24.8 Å². The number of benzene rings is 1. The number of nitrogens with zero attached hydrogens (tertiary/aromatic N) is 1. The van der Waals surface area contributed by atoms with E-state index in [1.165, 1.54) is 10.9 Å². The predicted molar refractivity (Wildman–Crippen MR) is 90.4 cm³/mol. The predicted octanol–water partition coefficient (Wildman–Crippen LogP) is 1.02. The molecular weight excluding hydrogens is 304 g/mol. The number of aromatic nitrogens is 1. The first-order valence-electron chi connectivity index (χ1n) is 8.88. The number of aliphatic hydroxyl groups excluding tert-OH is 1. The maximum absolute atomic E-state index is 11.7. The smallest absolute Gasteiger partial charge is 0.174 e. The van der Waals surface area contributed by atoms with Crippen molar-refractivity contribution in [3.63, 3.8) is 0 Å². The average molecular weight is 329 g/mol. The Hall–Kier alpha value is -1.40. The van der Waals surface area contributed by atoms with Crippen LogP contribution in [-0.4, -0.2) is 61.7 Å². The molecule has 0 radical (unpaired) electrons. The van der Waals surface area contributed by atoms with Gasteiger partial charge in [-0.15, -0.1) is 0 Å². The van der Waals surface area contributed by atoms with Crippen LogP contribution in [0.2, 0.25) is 0 Å². The Kier molecular flexibility index (Phi) is 2.51. The van der Waals surface area contributed by atoms with Crippen molar-refractivity contribution in [1.82, 2.24) is 4.98 Å². The van der Waals surface area contributed by atoms with Crippen LogP contribution < -0.4 is 0 Å². The van der Waals surface area contributed by atoms with Crippen molar-refractivity contribution in [2.75, 3.05) is 19.6 Å². The molecule has 4 heterocycles. The third kappa shape index (κ3) is 1.25. The van der Waals surface area contributed by atoms with E-state index in [1.807, 2.05) is 12.1 Å². The Bertz CT molecular complexity index is 861. The number of aliphatic hydroxyl groups is 3. The highest BCUT2D eigenvalue weighted by atomic mass is 16.4. The van der Waals surface area contributed by atoms with Crippen molar-refractivity contribution in [2.45, 2.75) is 49.5 Å². The van der Waals surface area contributed by atoms with Crippen LogP contribution in [0.4, 0.5) is 0 Å². The molecule has 3 aliphatic heterocycles. The van der Waals surface area contributed by atoms with Gasteiger partial charge in [0.15, 0.2) is 16.7 Å². The second-order valence-corrected chi connectivity index (χ2v) is 8.31. The zero-order chi connectivity index (χ0) is 17.0. The van der Waals surface area contributed by atoms with Gasteiger partial charge in [-0.2, -0.15) is 0 Å². The van der Waals surface area contributed by atoms with Crippen LogP contribution in [0.15, 0.2) is 24.3 Å². The molecular formula is C19H25N2O3+. The van der Waals surface area contributed by atoms with E-state index in [0.29, 0.717) is 17.4 Å². The first-order chi connectivity index (χ1) is 11.3. The van der Waals surface area contributed by atoms with Gasteiger partial charge in [0, 0.05) is 23.7 Å². The summed E-state index contributed by atoms with van der Waals surface area (Å²) >= 11 is 0. The van der Waals surface area contributed by atoms with Crippen molar-refractivity contribution in [1.29, 1.82) is 0 Å². The van der Waals surface area contributed by atoms with Gasteiger partial charge in [0.25, 0.3) is 0 Å². The lowest BCUT2D eigenvalue weighted by atomic mass is 9.68. The van der Waals surface area contributed by atoms with E-state index < -0.39 is 22.8 Å². The second-order valence-electron chi connectivity index (χ2n) is 8.31. The molecule has 1 unspecified atom stereocenters. The minimum atomic E-state index is -1.47. The summed E-state index contributed by atoms with van der Waals surface area (Å²) in [6, 6.07) is 8.25. The van der Waals surface area contributed by atoms with Crippen LogP contribution in [0.5, 0.6) is 0 Å². The van der Waals surface area contributed by atoms with E-state index in [1.54, 1.807) is 6.92 Å². The standard InChI is InChI=1S/C19H25N2O3/c1-12(22)18(23)11-21-9-7-14-13-5-3-4-6-15(13)20-16(14)17(21,2)19(18,24)8-10-21/h3-6,12,20,22-24H,7-11H2,1-2H3/q+1/t12-,17+,18-,19-,21?/m1/s1. The van der Waals surface area contributed by atoms with E-state index in [4.69, 9.17) is 0 Å². The van der Waals surface area contributed by atoms with Gasteiger partial charge in [-0.25, -0.2) is 0 Å². The van der Waals surface area contributed by atoms with Crippen molar-refractivity contribution < 1.29 is 19.8 Å². The summed E-state index contributed by atoms with van der Waals surface area (Å²) < 4.78 is 0.657. The van der Waals surface area contributed by atoms with Crippen LogP contribution in [0.1, 0.15) is 31.5 Å². The summed E-state index contributed by atoms with van der Waals surface area (Å²) in [6.45, 7) is 5.82. The molecule has 0 amide bonds. The summed E-state index contributed by atoms with van der Waals surface area (Å²) in [7, 11) is 0. The fourth-order valence-electron chi connectivity index (χ4n) is 6.24. The van der Waals surface area contributed by atoms with Crippen LogP contribution >= 0.6 is 0 Å². The number of quaternary nitrogens is 1. The van der Waals surface area contributed by atoms with E-state index >= 15 is 0 Å². The van der Waals surface area contributed by atoms with Crippen molar-refractivity contribution in [3.8, 4) is 0 Å². The average Bonchev–Trinajstić information content (AvgIpc) is 3.09. The highest BCUT2D eigenvalue weighted by molar-refractivity contribution is 5.85. The Morgan fingerprint density at radius 3 is 2.71 bits per heavy atom. The molecule has 2 aromatic rings. The molecule has 4 N–H and O–H groups in total. The summed E-state index contributed by atoms with van der Waals surface area (Å²) in [4.78, 5) is 3.56. The number of hydrogen-bond acceptors (Lipinski definition) is 3. The zero-order valence-electron chi connectivity index (χ0n) is 14.2. The zero-order valence-corrected chi connectivity index (χ0v) is 14.2. The van der Waals surface area contributed by atoms with Crippen LogP contribution in [-0.2, 0) is 12.0 Å².